The third-order valence-corrected chi connectivity index (χ3v) is 4.95. The molecular formula is C27H19FO2. The molecule has 0 amide bonds. The van der Waals surface area contributed by atoms with Crippen LogP contribution in [0.1, 0.15) is 21.5 Å². The average Bonchev–Trinajstić information content (AvgIpc) is 2.78. The van der Waals surface area contributed by atoms with E-state index in [9.17, 15) is 14.3 Å². The fourth-order valence-electron chi connectivity index (χ4n) is 3.42. The summed E-state index contributed by atoms with van der Waals surface area (Å²) < 4.78 is 13.2. The van der Waals surface area contributed by atoms with E-state index in [2.05, 4.69) is 0 Å². The van der Waals surface area contributed by atoms with Crippen LogP contribution in [0.2, 0.25) is 0 Å². The van der Waals surface area contributed by atoms with Gasteiger partial charge in [0, 0.05) is 0 Å². The Morgan fingerprint density at radius 2 is 1.30 bits per heavy atom. The summed E-state index contributed by atoms with van der Waals surface area (Å²) in [7, 11) is 0. The van der Waals surface area contributed by atoms with Gasteiger partial charge in [0.25, 0.3) is 0 Å². The molecule has 0 unspecified atom stereocenters. The molecule has 4 aromatic carbocycles. The van der Waals surface area contributed by atoms with Crippen LogP contribution in [0.15, 0.2) is 97.1 Å². The van der Waals surface area contributed by atoms with Crippen molar-refractivity contribution < 1.29 is 14.3 Å². The van der Waals surface area contributed by atoms with Crippen molar-refractivity contribution in [3.63, 3.8) is 0 Å². The van der Waals surface area contributed by atoms with Gasteiger partial charge in [-0.15, -0.1) is 0 Å². The molecule has 0 bridgehead atoms. The molecule has 0 aliphatic carbocycles. The first-order chi connectivity index (χ1) is 14.6. The zero-order valence-corrected chi connectivity index (χ0v) is 16.1. The number of rotatable bonds is 5. The lowest BCUT2D eigenvalue weighted by Gasteiger charge is -2.08. The topological polar surface area (TPSA) is 37.3 Å². The Kier molecular flexibility index (Phi) is 5.53. The van der Waals surface area contributed by atoms with Gasteiger partial charge in [-0.05, 0) is 57.6 Å². The van der Waals surface area contributed by atoms with Crippen molar-refractivity contribution in [2.75, 3.05) is 0 Å². The molecule has 0 radical (unpaired) electrons. The van der Waals surface area contributed by atoms with E-state index in [1.54, 1.807) is 24.3 Å². The molecule has 0 aliphatic rings. The Hall–Kier alpha value is -3.98. The second-order valence-corrected chi connectivity index (χ2v) is 6.90. The fraction of sp³-hybridized carbons (Fsp3) is 0. The lowest BCUT2D eigenvalue weighted by molar-refractivity contribution is 0.0696. The monoisotopic (exact) mass is 394 g/mol. The molecule has 0 spiro atoms. The lowest BCUT2D eigenvalue weighted by atomic mass is 9.96. The summed E-state index contributed by atoms with van der Waals surface area (Å²) in [5.41, 5.74) is 5.62. The van der Waals surface area contributed by atoms with E-state index in [4.69, 9.17) is 0 Å². The number of carbonyl (C=O) groups is 1. The maximum Gasteiger partial charge on any atom is 0.336 e. The smallest absolute Gasteiger partial charge is 0.336 e. The minimum atomic E-state index is -0.989. The largest absolute Gasteiger partial charge is 0.478 e. The number of hydrogen-bond acceptors (Lipinski definition) is 1. The highest BCUT2D eigenvalue weighted by Crippen LogP contribution is 2.27. The van der Waals surface area contributed by atoms with Crippen molar-refractivity contribution in [3.05, 3.63) is 120 Å². The van der Waals surface area contributed by atoms with E-state index in [-0.39, 0.29) is 11.4 Å². The number of aromatic carboxylic acids is 1. The highest BCUT2D eigenvalue weighted by molar-refractivity contribution is 5.95. The van der Waals surface area contributed by atoms with Gasteiger partial charge in [-0.25, -0.2) is 9.18 Å². The second kappa shape index (κ2) is 8.58. The standard InChI is InChI=1S/C27H19FO2/c28-24-15-12-19(13-16-24)22-14-17-26(27(29)30)23(18-22)11-10-21-8-4-5-9-25(21)20-6-2-1-3-7-20/h1-18H,(H,29,30)/b11-10+. The molecule has 0 saturated carbocycles. The highest BCUT2D eigenvalue weighted by Gasteiger charge is 2.10. The predicted octanol–water partition coefficient (Wildman–Crippen LogP) is 7.03. The van der Waals surface area contributed by atoms with Crippen molar-refractivity contribution >= 4 is 18.1 Å². The summed E-state index contributed by atoms with van der Waals surface area (Å²) in [6, 6.07) is 29.3. The first kappa shape index (κ1) is 19.3. The molecule has 0 heterocycles. The minimum Gasteiger partial charge on any atom is -0.478 e. The molecule has 4 rings (SSSR count). The van der Waals surface area contributed by atoms with Gasteiger partial charge in [-0.3, -0.25) is 0 Å². The maximum absolute atomic E-state index is 13.2. The Bertz CT molecular complexity index is 1210. The molecule has 0 fully saturated rings. The van der Waals surface area contributed by atoms with E-state index in [0.717, 1.165) is 27.8 Å². The van der Waals surface area contributed by atoms with Gasteiger partial charge >= 0.3 is 5.97 Å². The van der Waals surface area contributed by atoms with Crippen molar-refractivity contribution in [3.8, 4) is 22.3 Å². The SMILES string of the molecule is O=C(O)c1ccc(-c2ccc(F)cc2)cc1/C=C/c1ccccc1-c1ccccc1. The molecule has 0 saturated heterocycles. The summed E-state index contributed by atoms with van der Waals surface area (Å²) >= 11 is 0. The van der Waals surface area contributed by atoms with Gasteiger partial charge < -0.3 is 5.11 Å². The summed E-state index contributed by atoms with van der Waals surface area (Å²) in [5, 5.41) is 9.61. The normalized spacial score (nSPS) is 11.0. The number of hydrogen-bond donors (Lipinski definition) is 1. The minimum absolute atomic E-state index is 0.217. The second-order valence-electron chi connectivity index (χ2n) is 6.90. The van der Waals surface area contributed by atoms with Crippen molar-refractivity contribution in [1.82, 2.24) is 0 Å². The molecule has 146 valence electrons. The zero-order chi connectivity index (χ0) is 20.9. The van der Waals surface area contributed by atoms with Gasteiger partial charge in [0.15, 0.2) is 0 Å². The molecule has 2 nitrogen and oxygen atoms in total. The number of carboxylic acids is 1. The highest BCUT2D eigenvalue weighted by atomic mass is 19.1. The first-order valence-corrected chi connectivity index (χ1v) is 9.57. The van der Waals surface area contributed by atoms with E-state index in [0.29, 0.717) is 5.56 Å². The van der Waals surface area contributed by atoms with Crippen molar-refractivity contribution in [2.45, 2.75) is 0 Å². The first-order valence-electron chi connectivity index (χ1n) is 9.57. The van der Waals surface area contributed by atoms with Crippen LogP contribution in [0.3, 0.4) is 0 Å². The third-order valence-electron chi connectivity index (χ3n) is 4.95. The third kappa shape index (κ3) is 4.20. The van der Waals surface area contributed by atoms with Gasteiger partial charge in [-0.2, -0.15) is 0 Å². The average molecular weight is 394 g/mol. The Labute approximate surface area is 174 Å². The molecule has 0 aliphatic heterocycles. The van der Waals surface area contributed by atoms with Crippen molar-refractivity contribution in [1.29, 1.82) is 0 Å². The van der Waals surface area contributed by atoms with Crippen LogP contribution in [0, 0.1) is 5.82 Å². The summed E-state index contributed by atoms with van der Waals surface area (Å²) in [6.07, 6.45) is 3.75. The molecule has 4 aromatic rings. The molecule has 3 heteroatoms. The van der Waals surface area contributed by atoms with Crippen LogP contribution >= 0.6 is 0 Å². The number of benzene rings is 4. The Balaban J connectivity index is 1.76. The van der Waals surface area contributed by atoms with Gasteiger partial charge in [-0.1, -0.05) is 84.9 Å². The zero-order valence-electron chi connectivity index (χ0n) is 16.1. The fourth-order valence-corrected chi connectivity index (χ4v) is 3.42. The molecule has 1 N–H and O–H groups in total. The Morgan fingerprint density at radius 1 is 0.667 bits per heavy atom. The lowest BCUT2D eigenvalue weighted by Crippen LogP contribution is -1.99. The van der Waals surface area contributed by atoms with Crippen LogP contribution < -0.4 is 0 Å². The molecular weight excluding hydrogens is 375 g/mol. The predicted molar refractivity (Wildman–Crippen MR) is 120 cm³/mol. The van der Waals surface area contributed by atoms with Crippen LogP contribution in [0.5, 0.6) is 0 Å². The van der Waals surface area contributed by atoms with Crippen LogP contribution in [0.4, 0.5) is 4.39 Å². The van der Waals surface area contributed by atoms with Crippen molar-refractivity contribution in [2.24, 2.45) is 0 Å². The quantitative estimate of drug-likeness (QED) is 0.369. The number of halogens is 1. The van der Waals surface area contributed by atoms with E-state index >= 15 is 0 Å². The summed E-state index contributed by atoms with van der Waals surface area (Å²) in [4.78, 5) is 11.7. The summed E-state index contributed by atoms with van der Waals surface area (Å²) in [6.45, 7) is 0. The van der Waals surface area contributed by atoms with Crippen LogP contribution in [-0.4, -0.2) is 11.1 Å². The van der Waals surface area contributed by atoms with Gasteiger partial charge in [0.05, 0.1) is 5.56 Å². The summed E-state index contributed by atoms with van der Waals surface area (Å²) in [5.74, 6) is -1.30. The van der Waals surface area contributed by atoms with E-state index in [1.807, 2.05) is 72.8 Å². The van der Waals surface area contributed by atoms with E-state index in [1.165, 1.54) is 12.1 Å². The number of carboxylic acid groups (broad SMARTS) is 1. The molecule has 30 heavy (non-hydrogen) atoms. The van der Waals surface area contributed by atoms with Crippen LogP contribution in [-0.2, 0) is 0 Å². The van der Waals surface area contributed by atoms with E-state index < -0.39 is 5.97 Å². The molecule has 0 aromatic heterocycles. The molecule has 0 atom stereocenters. The Morgan fingerprint density at radius 3 is 2.03 bits per heavy atom. The van der Waals surface area contributed by atoms with Crippen LogP contribution in [0.25, 0.3) is 34.4 Å². The van der Waals surface area contributed by atoms with Gasteiger partial charge in [0.1, 0.15) is 5.82 Å². The maximum atomic E-state index is 13.2. The van der Waals surface area contributed by atoms with Gasteiger partial charge in [0.2, 0.25) is 0 Å².